The Bertz CT molecular complexity index is 1290. The minimum atomic E-state index is -4.64. The maximum Gasteiger partial charge on any atom is 0.416 e. The van der Waals surface area contributed by atoms with E-state index in [-0.39, 0.29) is 18.3 Å². The summed E-state index contributed by atoms with van der Waals surface area (Å²) in [7, 11) is 0. The van der Waals surface area contributed by atoms with Gasteiger partial charge in [0.05, 0.1) is 17.8 Å². The van der Waals surface area contributed by atoms with Gasteiger partial charge in [-0.2, -0.15) is 23.0 Å². The van der Waals surface area contributed by atoms with Gasteiger partial charge in [0.2, 0.25) is 5.69 Å². The summed E-state index contributed by atoms with van der Waals surface area (Å²) in [4.78, 5) is 38.6. The summed E-state index contributed by atoms with van der Waals surface area (Å²) in [6, 6.07) is 11.0. The molecule has 3 aromatic rings. The van der Waals surface area contributed by atoms with Crippen molar-refractivity contribution in [1.82, 2.24) is 19.7 Å². The van der Waals surface area contributed by atoms with Crippen LogP contribution in [-0.4, -0.2) is 26.3 Å². The van der Waals surface area contributed by atoms with Gasteiger partial charge in [0.25, 0.3) is 11.5 Å². The van der Waals surface area contributed by atoms with E-state index in [9.17, 15) is 27.6 Å². The van der Waals surface area contributed by atoms with Crippen LogP contribution in [0.1, 0.15) is 40.0 Å². The van der Waals surface area contributed by atoms with Gasteiger partial charge in [-0.3, -0.25) is 14.2 Å². The van der Waals surface area contributed by atoms with Gasteiger partial charge >= 0.3 is 11.9 Å². The Labute approximate surface area is 180 Å². The van der Waals surface area contributed by atoms with Crippen molar-refractivity contribution < 1.29 is 18.0 Å². The lowest BCUT2D eigenvalue weighted by Crippen LogP contribution is -2.46. The van der Waals surface area contributed by atoms with E-state index in [1.807, 2.05) is 6.92 Å². The van der Waals surface area contributed by atoms with Gasteiger partial charge in [0.15, 0.2) is 0 Å². The monoisotopic (exact) mass is 444 g/mol. The third-order valence-electron chi connectivity index (χ3n) is 5.07. The summed E-state index contributed by atoms with van der Waals surface area (Å²) in [5, 5.41) is 6.49. The van der Waals surface area contributed by atoms with Crippen molar-refractivity contribution >= 4 is 5.91 Å². The molecule has 0 aliphatic heterocycles. The van der Waals surface area contributed by atoms with Crippen LogP contribution in [0.3, 0.4) is 0 Å². The molecule has 1 heterocycles. The van der Waals surface area contributed by atoms with E-state index in [1.54, 1.807) is 24.3 Å². The van der Waals surface area contributed by atoms with Crippen molar-refractivity contribution in [3.05, 3.63) is 91.8 Å². The number of carbonyl (C=O) groups excluding carboxylic acids is 1. The molecule has 32 heavy (non-hydrogen) atoms. The number of hydrogen-bond donors (Lipinski definition) is 1. The van der Waals surface area contributed by atoms with Crippen LogP contribution in [0.25, 0.3) is 5.69 Å². The molecular formula is C22H19F3N4O3. The zero-order chi connectivity index (χ0) is 23.0. The molecule has 0 radical (unpaired) electrons. The molecule has 1 amide bonds. The molecule has 7 nitrogen and oxygen atoms in total. The summed E-state index contributed by atoms with van der Waals surface area (Å²) in [5.41, 5.74) is -2.00. The summed E-state index contributed by atoms with van der Waals surface area (Å²) in [6.07, 6.45) is -3.12. The second-order valence-corrected chi connectivity index (χ2v) is 7.72. The van der Waals surface area contributed by atoms with Crippen LogP contribution in [0, 0.1) is 6.92 Å². The maximum atomic E-state index is 13.2. The number of amides is 1. The molecule has 10 heteroatoms. The highest BCUT2D eigenvalue weighted by molar-refractivity contribution is 5.92. The minimum absolute atomic E-state index is 0.0804. The van der Waals surface area contributed by atoms with E-state index < -0.39 is 34.6 Å². The number of nitrogens with zero attached hydrogens (tertiary/aromatic N) is 3. The van der Waals surface area contributed by atoms with Crippen LogP contribution in [-0.2, 0) is 12.7 Å². The van der Waals surface area contributed by atoms with E-state index in [2.05, 4.69) is 10.4 Å². The molecule has 1 fully saturated rings. The molecule has 1 saturated carbocycles. The first-order valence-electron chi connectivity index (χ1n) is 9.92. The molecule has 2 aromatic carbocycles. The Hall–Kier alpha value is -3.69. The second-order valence-electron chi connectivity index (χ2n) is 7.72. The van der Waals surface area contributed by atoms with E-state index >= 15 is 0 Å². The van der Waals surface area contributed by atoms with Crippen molar-refractivity contribution in [3.8, 4) is 5.69 Å². The lowest BCUT2D eigenvalue weighted by atomic mass is 10.1. The van der Waals surface area contributed by atoms with Gasteiger partial charge in [-0.1, -0.05) is 35.9 Å². The molecule has 1 aliphatic carbocycles. The summed E-state index contributed by atoms with van der Waals surface area (Å²) < 4.78 is 41.0. The van der Waals surface area contributed by atoms with Crippen LogP contribution >= 0.6 is 0 Å². The normalized spacial score (nSPS) is 13.8. The lowest BCUT2D eigenvalue weighted by molar-refractivity contribution is -0.137. The zero-order valence-corrected chi connectivity index (χ0v) is 17.0. The predicted molar refractivity (Wildman–Crippen MR) is 110 cm³/mol. The van der Waals surface area contributed by atoms with Crippen molar-refractivity contribution in [2.75, 3.05) is 0 Å². The quantitative estimate of drug-likeness (QED) is 0.656. The van der Waals surface area contributed by atoms with Crippen LogP contribution in [0.2, 0.25) is 0 Å². The van der Waals surface area contributed by atoms with Crippen LogP contribution in [0.4, 0.5) is 13.2 Å². The fraction of sp³-hybridized carbons (Fsp3) is 0.273. The van der Waals surface area contributed by atoms with Crippen LogP contribution in [0.5, 0.6) is 0 Å². The maximum absolute atomic E-state index is 13.2. The highest BCUT2D eigenvalue weighted by atomic mass is 19.4. The molecule has 1 aliphatic rings. The third kappa shape index (κ3) is 4.48. The number of hydrogen-bond acceptors (Lipinski definition) is 4. The number of aryl methyl sites for hydroxylation is 1. The Morgan fingerprint density at radius 1 is 1.12 bits per heavy atom. The second kappa shape index (κ2) is 8.10. The Kier molecular flexibility index (Phi) is 5.45. The zero-order valence-electron chi connectivity index (χ0n) is 17.0. The number of halogens is 3. The SMILES string of the molecule is Cc1ccc(Cn2c(=O)c(C(=O)NC3CC3)nn(-c3cccc(C(F)(F)F)c3)c2=O)cc1. The summed E-state index contributed by atoms with van der Waals surface area (Å²) in [6.45, 7) is 1.71. The Morgan fingerprint density at radius 3 is 2.44 bits per heavy atom. The van der Waals surface area contributed by atoms with Crippen molar-refractivity contribution in [1.29, 1.82) is 0 Å². The van der Waals surface area contributed by atoms with Gasteiger partial charge in [-0.05, 0) is 43.5 Å². The van der Waals surface area contributed by atoms with Crippen LogP contribution < -0.4 is 16.6 Å². The fourth-order valence-corrected chi connectivity index (χ4v) is 3.14. The van der Waals surface area contributed by atoms with Gasteiger partial charge in [-0.15, -0.1) is 0 Å². The van der Waals surface area contributed by atoms with Gasteiger partial charge < -0.3 is 5.32 Å². The summed E-state index contributed by atoms with van der Waals surface area (Å²) >= 11 is 0. The minimum Gasteiger partial charge on any atom is -0.348 e. The highest BCUT2D eigenvalue weighted by Crippen LogP contribution is 2.30. The van der Waals surface area contributed by atoms with Crippen LogP contribution in [0.15, 0.2) is 58.1 Å². The summed E-state index contributed by atoms with van der Waals surface area (Å²) in [5.74, 6) is -0.768. The molecule has 1 N–H and O–H groups in total. The van der Waals surface area contributed by atoms with E-state index in [0.29, 0.717) is 10.2 Å². The third-order valence-corrected chi connectivity index (χ3v) is 5.07. The predicted octanol–water partition coefficient (Wildman–Crippen LogP) is 2.66. The van der Waals surface area contributed by atoms with Gasteiger partial charge in [0.1, 0.15) is 0 Å². The number of carbonyl (C=O) groups is 1. The average Bonchev–Trinajstić information content (AvgIpc) is 3.56. The smallest absolute Gasteiger partial charge is 0.348 e. The molecule has 0 spiro atoms. The first kappa shape index (κ1) is 21.5. The largest absolute Gasteiger partial charge is 0.416 e. The molecule has 4 rings (SSSR count). The van der Waals surface area contributed by atoms with E-state index in [1.165, 1.54) is 6.07 Å². The molecular weight excluding hydrogens is 425 g/mol. The highest BCUT2D eigenvalue weighted by Gasteiger charge is 2.31. The molecule has 0 bridgehead atoms. The Balaban J connectivity index is 1.87. The lowest BCUT2D eigenvalue weighted by Gasteiger charge is -2.14. The van der Waals surface area contributed by atoms with Gasteiger partial charge in [0, 0.05) is 6.04 Å². The van der Waals surface area contributed by atoms with Crippen molar-refractivity contribution in [3.63, 3.8) is 0 Å². The fourth-order valence-electron chi connectivity index (χ4n) is 3.14. The topological polar surface area (TPSA) is 86.0 Å². The van der Waals surface area contributed by atoms with E-state index in [4.69, 9.17) is 0 Å². The average molecular weight is 444 g/mol. The molecule has 0 unspecified atom stereocenters. The first-order valence-corrected chi connectivity index (χ1v) is 9.92. The molecule has 0 saturated heterocycles. The number of rotatable bonds is 5. The Morgan fingerprint density at radius 2 is 1.81 bits per heavy atom. The van der Waals surface area contributed by atoms with E-state index in [0.717, 1.165) is 41.2 Å². The number of alkyl halides is 3. The van der Waals surface area contributed by atoms with Crippen molar-refractivity contribution in [2.24, 2.45) is 0 Å². The number of benzene rings is 2. The number of nitrogens with one attached hydrogen (secondary N) is 1. The molecule has 1 aromatic heterocycles. The standard InChI is InChI=1S/C22H19F3N4O3/c1-13-5-7-14(8-6-13)12-28-20(31)18(19(30)26-16-9-10-16)27-29(21(28)32)17-4-2-3-15(11-17)22(23,24)25/h2-8,11,16H,9-10,12H2,1H3,(H,26,30). The molecule has 0 atom stereocenters. The van der Waals surface area contributed by atoms with Crippen molar-refractivity contribution in [2.45, 2.75) is 38.5 Å². The first-order chi connectivity index (χ1) is 15.1. The van der Waals surface area contributed by atoms with Gasteiger partial charge in [-0.25, -0.2) is 4.79 Å². The number of aromatic nitrogens is 3. The molecule has 166 valence electrons.